The van der Waals surface area contributed by atoms with Crippen molar-refractivity contribution in [3.8, 4) is 22.5 Å². The van der Waals surface area contributed by atoms with E-state index in [1.807, 2.05) is 0 Å². The van der Waals surface area contributed by atoms with E-state index in [-0.39, 0.29) is 146 Å². The van der Waals surface area contributed by atoms with Gasteiger partial charge in [-0.25, -0.2) is 23.0 Å². The van der Waals surface area contributed by atoms with Crippen molar-refractivity contribution < 1.29 is 237 Å². The minimum atomic E-state index is -4.92. The molecule has 846 valence electrons. The molecule has 57 nitrogen and oxygen atoms in total. The number of ether oxygens (including phenoxy) is 19. The van der Waals surface area contributed by atoms with Crippen LogP contribution in [0.2, 0.25) is 0 Å². The number of aliphatic hydroxyl groups is 11. The van der Waals surface area contributed by atoms with E-state index in [1.54, 1.807) is 76.5 Å². The number of azide groups is 2. The van der Waals surface area contributed by atoms with Gasteiger partial charge in [0, 0.05) is 115 Å². The maximum atomic E-state index is 12.3. The van der Waals surface area contributed by atoms with Gasteiger partial charge in [0.05, 0.1) is 189 Å². The van der Waals surface area contributed by atoms with Gasteiger partial charge in [-0.2, -0.15) is 0 Å². The normalized spacial score (nSPS) is 27.2. The van der Waals surface area contributed by atoms with Crippen molar-refractivity contribution in [3.05, 3.63) is 99.9 Å². The molecule has 4 amide bonds. The molecule has 2 aromatic heterocycles. The van der Waals surface area contributed by atoms with Crippen LogP contribution < -0.4 is 29.6 Å². The number of carbonyl (C=O) groups excluding carboxylic acids is 6. The summed E-state index contributed by atoms with van der Waals surface area (Å²) in [5.41, 5.74) is 20.0. The van der Waals surface area contributed by atoms with Crippen LogP contribution in [0.1, 0.15) is 102 Å². The molecule has 25 atom stereocenters. The molecule has 13 N–H and O–H groups in total. The van der Waals surface area contributed by atoms with Crippen LogP contribution in [-0.4, -0.2) is 460 Å². The molecule has 61 heteroatoms. The molecule has 7 saturated heterocycles. The van der Waals surface area contributed by atoms with Crippen molar-refractivity contribution in [2.75, 3.05) is 178 Å². The molecule has 7 fully saturated rings. The number of alkyl halides is 1. The summed E-state index contributed by atoms with van der Waals surface area (Å²) in [6.45, 7) is 26.3. The molecule has 0 spiro atoms. The quantitative estimate of drug-likeness (QED) is 0.00171. The Morgan fingerprint density at radius 3 is 1.13 bits per heavy atom. The molecular weight excluding hydrogens is 2120 g/mol. The Morgan fingerprint density at radius 2 is 0.807 bits per heavy atom. The van der Waals surface area contributed by atoms with Crippen LogP contribution in [-0.2, 0) is 142 Å². The van der Waals surface area contributed by atoms with Gasteiger partial charge in [-0.15, -0.1) is 14.5 Å². The first-order valence-corrected chi connectivity index (χ1v) is 51.1. The first kappa shape index (κ1) is 135. The first-order chi connectivity index (χ1) is 71.2. The third kappa shape index (κ3) is 48.4. The number of β-lactam (4-membered cyclic amide) rings is 2. The van der Waals surface area contributed by atoms with Gasteiger partial charge in [-0.1, -0.05) is 107 Å². The molecule has 9 heterocycles. The molecule has 4 aromatic rings. The van der Waals surface area contributed by atoms with Crippen molar-refractivity contribution in [1.82, 2.24) is 39.8 Å². The number of amides is 4. The van der Waals surface area contributed by atoms with E-state index in [1.165, 1.54) is 23.6 Å². The monoisotopic (exact) mass is 2260 g/mol. The number of aromatic nitrogens is 6. The second-order valence-corrected chi connectivity index (χ2v) is 35.7. The predicted octanol–water partition coefficient (Wildman–Crippen LogP) is -2.58. The number of aliphatic hydroxyl groups excluding tert-OH is 11. The summed E-state index contributed by atoms with van der Waals surface area (Å²) in [5.74, 6) is -0.319. The zero-order valence-corrected chi connectivity index (χ0v) is 90.3. The van der Waals surface area contributed by atoms with Gasteiger partial charge < -0.3 is 158 Å². The molecule has 0 radical (unpaired) electrons. The number of halogens is 1. The summed E-state index contributed by atoms with van der Waals surface area (Å²) < 4.78 is 143. The maximum Gasteiger partial charge on any atom is 1.00 e. The molecule has 0 aliphatic carbocycles. The zero-order chi connectivity index (χ0) is 110. The fraction of sp³-hybridized carbons (Fsp3) is 0.742. The van der Waals surface area contributed by atoms with E-state index in [4.69, 9.17) is 129 Å². The average molecular weight is 2260 g/mol. The molecule has 0 bridgehead atoms. The summed E-state index contributed by atoms with van der Waals surface area (Å²) in [6, 6.07) is 13.8. The third-order valence-corrected chi connectivity index (χ3v) is 24.2. The first-order valence-electron chi connectivity index (χ1n) is 47.7. The second kappa shape index (κ2) is 75.0. The fourth-order valence-corrected chi connectivity index (χ4v) is 15.5. The summed E-state index contributed by atoms with van der Waals surface area (Å²) >= 11 is 4.36. The van der Waals surface area contributed by atoms with E-state index >= 15 is 0 Å². The van der Waals surface area contributed by atoms with E-state index in [0.29, 0.717) is 172 Å². The fourth-order valence-electron chi connectivity index (χ4n) is 14.6. The van der Waals surface area contributed by atoms with Gasteiger partial charge in [-0.05, 0) is 66.1 Å². The Bertz CT molecular complexity index is 4660. The Kier molecular flexibility index (Phi) is 67.7. The summed E-state index contributed by atoms with van der Waals surface area (Å²) in [6.07, 6.45) is -12.1. The number of imide groups is 2. The Labute approximate surface area is 901 Å². The summed E-state index contributed by atoms with van der Waals surface area (Å²) in [5, 5.41) is 139. The number of hydrogen-bond donors (Lipinski definition) is 13. The number of rotatable bonds is 52. The van der Waals surface area contributed by atoms with Gasteiger partial charge in [-0.3, -0.25) is 43.1 Å². The minimum Gasteiger partial charge on any atom is -0.726 e. The van der Waals surface area contributed by atoms with Crippen molar-refractivity contribution in [2.24, 2.45) is 33.9 Å². The number of hydrogen-bond acceptors (Lipinski definition) is 49. The van der Waals surface area contributed by atoms with Gasteiger partial charge >= 0.3 is 41.5 Å². The Hall–Kier alpha value is -6.98. The molecular formula is C89H141BrN14NaO43S2-. The summed E-state index contributed by atoms with van der Waals surface area (Å²) in [4.78, 5) is 77.5. The van der Waals surface area contributed by atoms with Crippen LogP contribution in [0.25, 0.3) is 43.4 Å². The van der Waals surface area contributed by atoms with Gasteiger partial charge in [0.25, 0.3) is 11.8 Å². The number of carbonyl (C=O) groups is 6. The average Bonchev–Trinajstić information content (AvgIpc) is 1.63. The predicted molar refractivity (Wildman–Crippen MR) is 515 cm³/mol. The third-order valence-electron chi connectivity index (χ3n) is 23.3. The van der Waals surface area contributed by atoms with Crippen molar-refractivity contribution in [3.63, 3.8) is 0 Å². The minimum absolute atomic E-state index is 0. The molecule has 7 aliphatic heterocycles. The number of nitrogens with zero attached hydrogens (tertiary/aromatic N) is 14. The van der Waals surface area contributed by atoms with Gasteiger partial charge in [0.15, 0.2) is 31.3 Å². The topological polar surface area (TPSA) is 782 Å². The molecule has 0 saturated carbocycles. The largest absolute Gasteiger partial charge is 1.00 e. The maximum absolute atomic E-state index is 12.3. The van der Waals surface area contributed by atoms with Crippen LogP contribution in [0.5, 0.6) is 0 Å². The van der Waals surface area contributed by atoms with Crippen LogP contribution in [0, 0.1) is 30.6 Å². The van der Waals surface area contributed by atoms with Crippen LogP contribution in [0.15, 0.2) is 71.2 Å². The smallest absolute Gasteiger partial charge is 0.726 e. The van der Waals surface area contributed by atoms with Crippen molar-refractivity contribution in [1.29, 1.82) is 0 Å². The van der Waals surface area contributed by atoms with Crippen LogP contribution in [0.3, 0.4) is 0 Å². The van der Waals surface area contributed by atoms with E-state index in [9.17, 15) is 79.8 Å². The summed E-state index contributed by atoms with van der Waals surface area (Å²) in [7, 11) is -4.92. The molecule has 7 aliphatic rings. The van der Waals surface area contributed by atoms with Crippen LogP contribution >= 0.6 is 28.0 Å². The van der Waals surface area contributed by atoms with Crippen LogP contribution in [0.4, 0.5) is 0 Å². The van der Waals surface area contributed by atoms with Crippen molar-refractivity contribution >= 4 is 73.9 Å². The molecule has 5 unspecified atom stereocenters. The number of benzene rings is 2. The van der Waals surface area contributed by atoms with Crippen molar-refractivity contribution in [2.45, 2.75) is 222 Å². The zero-order valence-electron chi connectivity index (χ0n) is 85.1. The Morgan fingerprint density at radius 1 is 0.487 bits per heavy atom. The molecule has 11 rings (SSSR count). The van der Waals surface area contributed by atoms with Gasteiger partial charge in [0.1, 0.15) is 83.5 Å². The van der Waals surface area contributed by atoms with E-state index in [2.05, 4.69) is 114 Å². The van der Waals surface area contributed by atoms with E-state index < -0.39 is 128 Å². The molecule has 2 aromatic carbocycles. The standard InChI is InChI=1S/C24H32N4O10.C24H31N4O9.C17H31N3O6.C12H23N3O8.C11H19BrO3.CH4O3S.Na.H2O4S/c29-14-18-20(31)21(32)22(33)24(38-18)37-12-11-36-10-9-35-8-7-27-13-17(25-26-27)15-1-3-16(4-2-15)23(34)28-6-5-19(28)30;1-15-20(30)21(31)22(32)24(37-15)36-13-12-35-11-10-34-9-8-27-14-18(25-26-27)16-2-4-17(5-3-16)23(33)28-7-6-19(28)29;1-5-15-12(2)13(3)16(25-14(4)21)17(26-15)24-11-10-23-9-8-22-7-6-19-20-18;13-15-14-1-2-20-3-4-21-5-6-22-12-11(19)10(18)9(17)8(7-16)23-12;1-5-9-6(2)7(3)10(11(12)15-9)14-8(4)13;1-5-4-3-2;;1-5(2,3)4/h1-4,13,18,20-22,24,29,31-33H,5-12,14H2;2-5,14-15,20-22,24,30-32H,1,6-13H2;12-13,15-17H,5-11H2,1-4H3;8-12,16-19H,1-7H2;6-7,9-11H,5H2,1-4H3;2H,1H3;;(H2,1,2,3,4)/q;-1;;;;;+1;/p-1/t18-,20+,21+,22-,24?;15-,20+,21+,22-,24?;12-,13+,15-,16-,17?;8-,9+,10+,11-,12?;6-,7+,9-,10-,11?;;;/m11111.../s1. The Balaban J connectivity index is 0.000000391. The number of likely N-dealkylation sites (tertiary alicyclic amines) is 2. The molecule has 150 heavy (non-hydrogen) atoms. The van der Waals surface area contributed by atoms with E-state index in [0.717, 1.165) is 36.0 Å². The van der Waals surface area contributed by atoms with Gasteiger partial charge in [0.2, 0.25) is 22.2 Å². The number of esters is 2. The SMILES string of the molecule is CC[C@H]1OC(Br)[C@H](OC(C)=O)[C@@H](C)[C@H]1C.CC[C@H]1OC(OCCOCCOCCN=[N+]=[N-])[C@H](OC(C)=O)[C@@H](C)[C@H]1C.CSOOO.O=C1CCN1C(=O)c1ccc(-c2cn(CCOCCOCCOC3O[C@H](CO)[C@H](O)[C@H](O)[C@H]3O)nn2)cc1.O=S(=O)([O-])O.[CH2-][C@H]1OC(OCCOCCOCCn2cc(-c3ccc(C(=O)N4CCC4=O)cc3)nn2)[C@H](O)[C@@H](O)[C@H]1O.[N-]=[N+]=NCCOCCOCCOC1O[C@H](CO)[C@H](O)[C@H](O)[C@H]1O.[Na+]. The second-order valence-electron chi connectivity index (χ2n) is 33.5.